The molecule has 1 heterocycles. The first-order chi connectivity index (χ1) is 11.1. The third kappa shape index (κ3) is 4.80. The number of carbonyl (C=O) groups is 1. The minimum absolute atomic E-state index is 0.0175. The van der Waals surface area contributed by atoms with Crippen LogP contribution in [-0.2, 0) is 16.4 Å². The average molecular weight is 353 g/mol. The van der Waals surface area contributed by atoms with E-state index in [9.17, 15) is 13.2 Å². The van der Waals surface area contributed by atoms with Crippen LogP contribution < -0.4 is 5.32 Å². The topological polar surface area (TPSA) is 66.5 Å². The van der Waals surface area contributed by atoms with Gasteiger partial charge in [-0.05, 0) is 51.4 Å². The van der Waals surface area contributed by atoms with E-state index in [0.717, 1.165) is 18.7 Å². The van der Waals surface area contributed by atoms with Crippen LogP contribution >= 0.6 is 0 Å². The standard InChI is InChI=1S/C18H28N2O3S/c1-5-20(14(2)3)12-15-6-8-16(9-7-15)17(21)19-18(4)10-11-24(22,23)13-18/h6-9,14H,5,10-13H2,1-4H3,(H,19,21). The average Bonchev–Trinajstić information content (AvgIpc) is 2.78. The van der Waals surface area contributed by atoms with Crippen LogP contribution in [0.5, 0.6) is 0 Å². The van der Waals surface area contributed by atoms with E-state index in [-0.39, 0.29) is 17.4 Å². The summed E-state index contributed by atoms with van der Waals surface area (Å²) >= 11 is 0. The second-order valence-corrected chi connectivity index (χ2v) is 9.39. The lowest BCUT2D eigenvalue weighted by atomic mass is 10.0. The summed E-state index contributed by atoms with van der Waals surface area (Å²) < 4.78 is 23.3. The molecule has 1 fully saturated rings. The minimum atomic E-state index is -3.03. The molecule has 1 atom stereocenters. The van der Waals surface area contributed by atoms with Crippen LogP contribution in [0.1, 0.15) is 50.0 Å². The van der Waals surface area contributed by atoms with Crippen LogP contribution in [0.15, 0.2) is 24.3 Å². The van der Waals surface area contributed by atoms with Gasteiger partial charge in [-0.25, -0.2) is 8.42 Å². The van der Waals surface area contributed by atoms with Crippen LogP contribution in [0.4, 0.5) is 0 Å². The Morgan fingerprint density at radius 1 is 1.29 bits per heavy atom. The summed E-state index contributed by atoms with van der Waals surface area (Å²) in [6.07, 6.45) is 0.471. The SMILES string of the molecule is CCN(Cc1ccc(C(=O)NC2(C)CCS(=O)(=O)C2)cc1)C(C)C. The monoisotopic (exact) mass is 352 g/mol. The van der Waals surface area contributed by atoms with E-state index in [1.807, 2.05) is 24.3 Å². The zero-order valence-corrected chi connectivity index (χ0v) is 15.8. The summed E-state index contributed by atoms with van der Waals surface area (Å²) in [5, 5.41) is 2.89. The van der Waals surface area contributed by atoms with E-state index in [4.69, 9.17) is 0 Å². The number of rotatable bonds is 6. The molecule has 0 aliphatic carbocycles. The van der Waals surface area contributed by atoms with Crippen LogP contribution in [0, 0.1) is 0 Å². The van der Waals surface area contributed by atoms with Crippen LogP contribution in [0.3, 0.4) is 0 Å². The van der Waals surface area contributed by atoms with Crippen molar-refractivity contribution in [2.24, 2.45) is 0 Å². The Morgan fingerprint density at radius 3 is 2.38 bits per heavy atom. The van der Waals surface area contributed by atoms with E-state index >= 15 is 0 Å². The van der Waals surface area contributed by atoms with E-state index in [1.54, 1.807) is 6.92 Å². The van der Waals surface area contributed by atoms with Gasteiger partial charge in [0.25, 0.3) is 5.91 Å². The summed E-state index contributed by atoms with van der Waals surface area (Å²) in [6.45, 7) is 10.1. The lowest BCUT2D eigenvalue weighted by Crippen LogP contribution is -2.46. The van der Waals surface area contributed by atoms with Gasteiger partial charge in [-0.15, -0.1) is 0 Å². The van der Waals surface area contributed by atoms with Gasteiger partial charge in [-0.3, -0.25) is 9.69 Å². The van der Waals surface area contributed by atoms with Gasteiger partial charge < -0.3 is 5.32 Å². The van der Waals surface area contributed by atoms with E-state index in [0.29, 0.717) is 18.0 Å². The Bertz CT molecular complexity index is 683. The number of hydrogen-bond acceptors (Lipinski definition) is 4. The van der Waals surface area contributed by atoms with Gasteiger partial charge in [0, 0.05) is 18.2 Å². The maximum atomic E-state index is 12.4. The molecule has 2 rings (SSSR count). The normalized spacial score (nSPS) is 22.9. The molecule has 1 aliphatic heterocycles. The van der Waals surface area contributed by atoms with Crippen molar-refractivity contribution in [2.45, 2.75) is 52.2 Å². The number of nitrogens with one attached hydrogen (secondary N) is 1. The second kappa shape index (κ2) is 7.23. The summed E-state index contributed by atoms with van der Waals surface area (Å²) in [7, 11) is -3.03. The molecule has 6 heteroatoms. The van der Waals surface area contributed by atoms with Crippen LogP contribution in [-0.4, -0.2) is 48.9 Å². The number of carbonyl (C=O) groups excluding carboxylic acids is 1. The van der Waals surface area contributed by atoms with Crippen molar-refractivity contribution < 1.29 is 13.2 Å². The fourth-order valence-corrected chi connectivity index (χ4v) is 5.20. The van der Waals surface area contributed by atoms with Gasteiger partial charge in [0.2, 0.25) is 0 Å². The molecule has 0 bridgehead atoms. The summed E-state index contributed by atoms with van der Waals surface area (Å²) in [5.74, 6) is -0.0496. The maximum Gasteiger partial charge on any atom is 0.251 e. The van der Waals surface area contributed by atoms with Gasteiger partial charge in [-0.1, -0.05) is 19.1 Å². The highest BCUT2D eigenvalue weighted by atomic mass is 32.2. The molecule has 1 N–H and O–H groups in total. The van der Waals surface area contributed by atoms with Crippen molar-refractivity contribution in [1.29, 1.82) is 0 Å². The second-order valence-electron chi connectivity index (χ2n) is 7.21. The van der Waals surface area contributed by atoms with Gasteiger partial charge in [0.05, 0.1) is 17.0 Å². The van der Waals surface area contributed by atoms with E-state index in [2.05, 4.69) is 31.0 Å². The largest absolute Gasteiger partial charge is 0.346 e. The highest BCUT2D eigenvalue weighted by Gasteiger charge is 2.39. The quantitative estimate of drug-likeness (QED) is 0.852. The van der Waals surface area contributed by atoms with Crippen molar-refractivity contribution in [3.05, 3.63) is 35.4 Å². The third-order valence-electron chi connectivity index (χ3n) is 4.66. The van der Waals surface area contributed by atoms with Gasteiger partial charge >= 0.3 is 0 Å². The maximum absolute atomic E-state index is 12.4. The number of sulfone groups is 1. The molecule has 134 valence electrons. The number of amides is 1. The number of nitrogens with zero attached hydrogens (tertiary/aromatic N) is 1. The van der Waals surface area contributed by atoms with Crippen molar-refractivity contribution >= 4 is 15.7 Å². The fraction of sp³-hybridized carbons (Fsp3) is 0.611. The molecule has 1 aromatic carbocycles. The van der Waals surface area contributed by atoms with Gasteiger partial charge in [-0.2, -0.15) is 0 Å². The molecule has 1 amide bonds. The Hall–Kier alpha value is -1.40. The zero-order chi connectivity index (χ0) is 18.0. The summed E-state index contributed by atoms with van der Waals surface area (Å²) in [6, 6.07) is 8.03. The molecule has 1 aromatic rings. The number of hydrogen-bond donors (Lipinski definition) is 1. The smallest absolute Gasteiger partial charge is 0.251 e. The summed E-state index contributed by atoms with van der Waals surface area (Å²) in [5.41, 5.74) is 1.07. The van der Waals surface area contributed by atoms with E-state index < -0.39 is 15.4 Å². The highest BCUT2D eigenvalue weighted by molar-refractivity contribution is 7.91. The first-order valence-corrected chi connectivity index (χ1v) is 10.3. The first kappa shape index (κ1) is 18.9. The molecule has 0 aromatic heterocycles. The van der Waals surface area contributed by atoms with Crippen molar-refractivity contribution in [2.75, 3.05) is 18.1 Å². The Labute approximate surface area is 145 Å². The molecule has 0 radical (unpaired) electrons. The fourth-order valence-electron chi connectivity index (χ4n) is 3.11. The van der Waals surface area contributed by atoms with Crippen LogP contribution in [0.25, 0.3) is 0 Å². The van der Waals surface area contributed by atoms with Crippen molar-refractivity contribution in [1.82, 2.24) is 10.2 Å². The van der Waals surface area contributed by atoms with Gasteiger partial charge in [0.15, 0.2) is 9.84 Å². The van der Waals surface area contributed by atoms with E-state index in [1.165, 1.54) is 0 Å². The molecular formula is C18H28N2O3S. The predicted molar refractivity (Wildman–Crippen MR) is 96.8 cm³/mol. The zero-order valence-electron chi connectivity index (χ0n) is 15.0. The molecule has 1 unspecified atom stereocenters. The Balaban J connectivity index is 2.01. The molecule has 1 saturated heterocycles. The number of benzene rings is 1. The molecule has 5 nitrogen and oxygen atoms in total. The minimum Gasteiger partial charge on any atom is -0.346 e. The molecule has 0 saturated carbocycles. The van der Waals surface area contributed by atoms with Crippen molar-refractivity contribution in [3.8, 4) is 0 Å². The lowest BCUT2D eigenvalue weighted by Gasteiger charge is -2.25. The van der Waals surface area contributed by atoms with Gasteiger partial charge in [0.1, 0.15) is 0 Å². The molecule has 0 spiro atoms. The molecule has 24 heavy (non-hydrogen) atoms. The summed E-state index contributed by atoms with van der Waals surface area (Å²) in [4.78, 5) is 14.7. The van der Waals surface area contributed by atoms with Crippen LogP contribution in [0.2, 0.25) is 0 Å². The lowest BCUT2D eigenvalue weighted by molar-refractivity contribution is 0.0915. The third-order valence-corrected chi connectivity index (χ3v) is 6.56. The molecular weight excluding hydrogens is 324 g/mol. The molecule has 1 aliphatic rings. The Morgan fingerprint density at radius 2 is 1.92 bits per heavy atom. The highest BCUT2D eigenvalue weighted by Crippen LogP contribution is 2.23. The Kier molecular flexibility index (Phi) is 5.71. The first-order valence-electron chi connectivity index (χ1n) is 8.50. The van der Waals surface area contributed by atoms with Crippen molar-refractivity contribution in [3.63, 3.8) is 0 Å². The predicted octanol–water partition coefficient (Wildman–Crippen LogP) is 2.22.